The number of hydrogen-bond donors (Lipinski definition) is 0. The van der Waals surface area contributed by atoms with E-state index < -0.39 is 0 Å². The highest BCUT2D eigenvalue weighted by molar-refractivity contribution is 4.65. The molecule has 0 bridgehead atoms. The number of aromatic nitrogens is 2. The topological polar surface area (TPSA) is 8.81 Å². The highest BCUT2D eigenvalue weighted by Crippen LogP contribution is 1.91. The summed E-state index contributed by atoms with van der Waals surface area (Å²) in [5.74, 6) is 0. The number of unbranched alkanes of at least 4 members (excludes halogenated alkanes) is 1. The Morgan fingerprint density at radius 2 is 2.18 bits per heavy atom. The molecule has 0 fully saturated rings. The molecule has 0 saturated carbocycles. The van der Waals surface area contributed by atoms with E-state index in [4.69, 9.17) is 0 Å². The Morgan fingerprint density at radius 3 is 2.64 bits per heavy atom. The van der Waals surface area contributed by atoms with Gasteiger partial charge < -0.3 is 7.43 Å². The van der Waals surface area contributed by atoms with Crippen LogP contribution in [0.5, 0.6) is 0 Å². The molecule has 0 radical (unpaired) electrons. The van der Waals surface area contributed by atoms with Crippen molar-refractivity contribution in [1.82, 2.24) is 4.57 Å². The molecule has 0 N–H and O–H groups in total. The van der Waals surface area contributed by atoms with Crippen LogP contribution < -0.4 is 4.57 Å². The van der Waals surface area contributed by atoms with E-state index in [2.05, 4.69) is 34.8 Å². The van der Waals surface area contributed by atoms with Gasteiger partial charge in [-0.15, -0.1) is 0 Å². The Morgan fingerprint density at radius 1 is 1.45 bits per heavy atom. The van der Waals surface area contributed by atoms with Crippen molar-refractivity contribution in [2.45, 2.75) is 26.3 Å². The third-order valence-corrected chi connectivity index (χ3v) is 1.59. The fourth-order valence-corrected chi connectivity index (χ4v) is 0.975. The van der Waals surface area contributed by atoms with Crippen LogP contribution in [0.25, 0.3) is 0 Å². The number of nitrogens with zero attached hydrogens (tertiary/aromatic N) is 2. The van der Waals surface area contributed by atoms with Crippen molar-refractivity contribution in [2.75, 3.05) is 0 Å². The number of rotatable bonds is 3. The van der Waals surface area contributed by atoms with Gasteiger partial charge in [-0.2, -0.15) is 0 Å². The normalized spacial score (nSPS) is 9.27. The van der Waals surface area contributed by atoms with Crippen molar-refractivity contribution in [3.63, 3.8) is 0 Å². The molecule has 0 aliphatic rings. The first kappa shape index (κ1) is 10.2. The Labute approximate surface area is 69.5 Å². The second-order valence-corrected chi connectivity index (χ2v) is 2.67. The third kappa shape index (κ3) is 3.21. The van der Waals surface area contributed by atoms with Gasteiger partial charge in [-0.25, -0.2) is 9.13 Å². The molecular formula is C9H18N2. The van der Waals surface area contributed by atoms with Gasteiger partial charge in [-0.05, 0) is 6.42 Å². The van der Waals surface area contributed by atoms with Crippen molar-refractivity contribution >= 4 is 0 Å². The molecule has 0 amide bonds. The molecule has 0 saturated heterocycles. The van der Waals surface area contributed by atoms with Gasteiger partial charge in [0.05, 0.1) is 13.6 Å². The van der Waals surface area contributed by atoms with Gasteiger partial charge in [-0.3, -0.25) is 0 Å². The largest absolute Gasteiger partial charge is 0.358 e. The molecular weight excluding hydrogens is 136 g/mol. The second kappa shape index (κ2) is 4.94. The van der Waals surface area contributed by atoms with Crippen molar-refractivity contribution < 1.29 is 4.57 Å². The highest BCUT2D eigenvalue weighted by Gasteiger charge is 1.96. The van der Waals surface area contributed by atoms with Gasteiger partial charge in [-0.1, -0.05) is 13.3 Å². The zero-order chi connectivity index (χ0) is 7.40. The van der Waals surface area contributed by atoms with Crippen molar-refractivity contribution in [1.29, 1.82) is 0 Å². The lowest BCUT2D eigenvalue weighted by Crippen LogP contribution is -2.23. The van der Waals surface area contributed by atoms with Crippen molar-refractivity contribution in [3.05, 3.63) is 26.1 Å². The molecule has 64 valence electrons. The summed E-state index contributed by atoms with van der Waals surface area (Å²) in [7, 11) is 2.04. The first-order valence-electron chi connectivity index (χ1n) is 3.84. The van der Waals surface area contributed by atoms with Crippen LogP contribution in [0.4, 0.5) is 0 Å². The van der Waals surface area contributed by atoms with Gasteiger partial charge in [0.25, 0.3) is 0 Å². The fourth-order valence-electron chi connectivity index (χ4n) is 0.975. The third-order valence-electron chi connectivity index (χ3n) is 1.59. The van der Waals surface area contributed by atoms with E-state index in [0.29, 0.717) is 0 Å². The Bertz CT molecular complexity index is 191. The maximum atomic E-state index is 2.21. The highest BCUT2D eigenvalue weighted by atomic mass is 15.1. The molecule has 1 heterocycles. The monoisotopic (exact) mass is 154 g/mol. The molecule has 0 atom stereocenters. The summed E-state index contributed by atoms with van der Waals surface area (Å²) in [6, 6.07) is 0. The number of hydrogen-bond acceptors (Lipinski definition) is 0. The zero-order valence-electron chi connectivity index (χ0n) is 7.75. The van der Waals surface area contributed by atoms with E-state index in [-0.39, 0.29) is 7.43 Å². The van der Waals surface area contributed by atoms with Crippen molar-refractivity contribution in [3.8, 4) is 0 Å². The Balaban J connectivity index is 0.000001000. The summed E-state index contributed by atoms with van der Waals surface area (Å²) < 4.78 is 4.28. The predicted octanol–water partition coefficient (Wildman–Crippen LogP) is 1.56. The standard InChI is InChI=1S/C8H15N2.CH3/c1-3-4-5-10-7-6-9(2)8-10;/h6-8H,3-5H2,1-2H3;1H3/q+1;-1. The number of aryl methyl sites for hydroxylation is 2. The summed E-state index contributed by atoms with van der Waals surface area (Å²) in [5.41, 5.74) is 0. The fraction of sp³-hybridized carbons (Fsp3) is 0.556. The maximum Gasteiger partial charge on any atom is 0.243 e. The minimum absolute atomic E-state index is 0. The van der Waals surface area contributed by atoms with Gasteiger partial charge in [0.1, 0.15) is 12.4 Å². The molecule has 1 aromatic heterocycles. The number of imidazole rings is 1. The minimum atomic E-state index is 0. The van der Waals surface area contributed by atoms with Gasteiger partial charge >= 0.3 is 0 Å². The summed E-state index contributed by atoms with van der Waals surface area (Å²) in [6.45, 7) is 3.36. The SMILES string of the molecule is CCCCn1cc[n+](C)c1.[CH3-]. The van der Waals surface area contributed by atoms with Crippen LogP contribution in [-0.4, -0.2) is 4.57 Å². The van der Waals surface area contributed by atoms with Crippen LogP contribution >= 0.6 is 0 Å². The Kier molecular flexibility index (Phi) is 4.59. The lowest BCUT2D eigenvalue weighted by atomic mass is 10.3. The van der Waals surface area contributed by atoms with Crippen LogP contribution in [-0.2, 0) is 13.6 Å². The molecule has 0 spiro atoms. The van der Waals surface area contributed by atoms with Crippen LogP contribution in [0.15, 0.2) is 18.7 Å². The molecule has 0 aliphatic heterocycles. The molecule has 0 aromatic carbocycles. The lowest BCUT2D eigenvalue weighted by molar-refractivity contribution is -0.671. The second-order valence-electron chi connectivity index (χ2n) is 2.67. The molecule has 1 rings (SSSR count). The van der Waals surface area contributed by atoms with Crippen LogP contribution in [0, 0.1) is 7.43 Å². The molecule has 2 nitrogen and oxygen atoms in total. The smallest absolute Gasteiger partial charge is 0.243 e. The van der Waals surface area contributed by atoms with E-state index in [1.54, 1.807) is 0 Å². The van der Waals surface area contributed by atoms with E-state index >= 15 is 0 Å². The summed E-state index contributed by atoms with van der Waals surface area (Å²) in [5, 5.41) is 0. The average Bonchev–Trinajstić information content (AvgIpc) is 2.31. The molecule has 0 unspecified atom stereocenters. The molecule has 1 aromatic rings. The van der Waals surface area contributed by atoms with E-state index in [1.807, 2.05) is 7.05 Å². The van der Waals surface area contributed by atoms with E-state index in [9.17, 15) is 0 Å². The molecule has 2 heteroatoms. The van der Waals surface area contributed by atoms with Crippen LogP contribution in [0.2, 0.25) is 0 Å². The van der Waals surface area contributed by atoms with Crippen molar-refractivity contribution in [2.24, 2.45) is 7.05 Å². The van der Waals surface area contributed by atoms with Gasteiger partial charge in [0, 0.05) is 0 Å². The lowest BCUT2D eigenvalue weighted by Gasteiger charge is -1.90. The molecule has 11 heavy (non-hydrogen) atoms. The van der Waals surface area contributed by atoms with E-state index in [0.717, 1.165) is 6.54 Å². The van der Waals surface area contributed by atoms with Gasteiger partial charge in [0.2, 0.25) is 6.33 Å². The maximum absolute atomic E-state index is 2.21. The van der Waals surface area contributed by atoms with Crippen LogP contribution in [0.3, 0.4) is 0 Å². The molecule has 0 aliphatic carbocycles. The predicted molar refractivity (Wildman–Crippen MR) is 46.9 cm³/mol. The summed E-state index contributed by atoms with van der Waals surface area (Å²) in [4.78, 5) is 0. The zero-order valence-corrected chi connectivity index (χ0v) is 7.75. The quantitative estimate of drug-likeness (QED) is 0.461. The summed E-state index contributed by atoms with van der Waals surface area (Å²) in [6.07, 6.45) is 8.82. The first-order valence-corrected chi connectivity index (χ1v) is 3.84. The Hall–Kier alpha value is -0.790. The minimum Gasteiger partial charge on any atom is -0.358 e. The summed E-state index contributed by atoms with van der Waals surface area (Å²) >= 11 is 0. The van der Waals surface area contributed by atoms with Gasteiger partial charge in [0.15, 0.2) is 0 Å². The van der Waals surface area contributed by atoms with E-state index in [1.165, 1.54) is 12.8 Å². The average molecular weight is 154 g/mol. The first-order chi connectivity index (χ1) is 4.83. The van der Waals surface area contributed by atoms with Crippen LogP contribution in [0.1, 0.15) is 19.8 Å².